The zero-order valence-electron chi connectivity index (χ0n) is 12.6. The molecule has 0 amide bonds. The average Bonchev–Trinajstić information content (AvgIpc) is 2.62. The summed E-state index contributed by atoms with van der Waals surface area (Å²) in [5.74, 6) is 0. The molecule has 0 atom stereocenters. The SMILES string of the molecule is O=S(=O)(c1cccnc1)N(Cc1cccnc1)c1ccc(Cl)cc1. The lowest BCUT2D eigenvalue weighted by atomic mass is 10.2. The monoisotopic (exact) mass is 359 g/mol. The molecule has 1 aromatic carbocycles. The Labute approximate surface area is 145 Å². The van der Waals surface area contributed by atoms with Gasteiger partial charge in [-0.1, -0.05) is 17.7 Å². The van der Waals surface area contributed by atoms with Crippen LogP contribution in [0.3, 0.4) is 0 Å². The Bertz CT molecular complexity index is 902. The Morgan fingerprint density at radius 3 is 2.17 bits per heavy atom. The van der Waals surface area contributed by atoms with Crippen molar-refractivity contribution >= 4 is 27.3 Å². The van der Waals surface area contributed by atoms with E-state index < -0.39 is 10.0 Å². The Hall–Kier alpha value is -2.44. The van der Waals surface area contributed by atoms with Crippen LogP contribution >= 0.6 is 11.6 Å². The van der Waals surface area contributed by atoms with Crippen molar-refractivity contribution in [1.29, 1.82) is 0 Å². The predicted octanol–water partition coefficient (Wildman–Crippen LogP) is 3.53. The minimum absolute atomic E-state index is 0.129. The molecule has 3 aromatic rings. The third-order valence-electron chi connectivity index (χ3n) is 3.39. The van der Waals surface area contributed by atoms with Crippen molar-refractivity contribution in [1.82, 2.24) is 9.97 Å². The minimum atomic E-state index is -3.77. The van der Waals surface area contributed by atoms with E-state index in [2.05, 4.69) is 9.97 Å². The Kier molecular flexibility index (Phi) is 4.78. The molecule has 0 aliphatic rings. The number of halogens is 1. The van der Waals surface area contributed by atoms with E-state index in [4.69, 9.17) is 11.6 Å². The molecule has 0 aliphatic heterocycles. The van der Waals surface area contributed by atoms with Crippen molar-refractivity contribution in [2.24, 2.45) is 0 Å². The number of nitrogens with zero attached hydrogens (tertiary/aromatic N) is 3. The van der Waals surface area contributed by atoms with Gasteiger partial charge in [-0.25, -0.2) is 8.42 Å². The van der Waals surface area contributed by atoms with E-state index in [0.29, 0.717) is 10.7 Å². The Balaban J connectivity index is 2.06. The average molecular weight is 360 g/mol. The summed E-state index contributed by atoms with van der Waals surface area (Å²) in [6, 6.07) is 13.4. The lowest BCUT2D eigenvalue weighted by Crippen LogP contribution is -2.30. The van der Waals surface area contributed by atoms with E-state index in [0.717, 1.165) is 5.56 Å². The summed E-state index contributed by atoms with van der Waals surface area (Å²) in [6.07, 6.45) is 6.15. The number of pyridine rings is 2. The first-order valence-electron chi connectivity index (χ1n) is 7.14. The zero-order chi connectivity index (χ0) is 17.0. The van der Waals surface area contributed by atoms with Crippen LogP contribution in [0.2, 0.25) is 5.02 Å². The van der Waals surface area contributed by atoms with Gasteiger partial charge in [-0.15, -0.1) is 0 Å². The van der Waals surface area contributed by atoms with Crippen molar-refractivity contribution in [2.45, 2.75) is 11.4 Å². The van der Waals surface area contributed by atoms with Crippen LogP contribution in [-0.4, -0.2) is 18.4 Å². The summed E-state index contributed by atoms with van der Waals surface area (Å²) >= 11 is 5.92. The van der Waals surface area contributed by atoms with Crippen molar-refractivity contribution in [3.8, 4) is 0 Å². The van der Waals surface area contributed by atoms with Gasteiger partial charge in [0.25, 0.3) is 10.0 Å². The second-order valence-corrected chi connectivity index (χ2v) is 7.34. The maximum atomic E-state index is 13.1. The number of hydrogen-bond acceptors (Lipinski definition) is 4. The van der Waals surface area contributed by atoms with Crippen LogP contribution in [0.4, 0.5) is 5.69 Å². The normalized spacial score (nSPS) is 11.2. The molecule has 0 aliphatic carbocycles. The molecule has 0 bridgehead atoms. The first kappa shape index (κ1) is 16.4. The fourth-order valence-corrected chi connectivity index (χ4v) is 3.75. The smallest absolute Gasteiger partial charge is 0.264 e. The van der Waals surface area contributed by atoms with Gasteiger partial charge >= 0.3 is 0 Å². The first-order valence-corrected chi connectivity index (χ1v) is 8.96. The molecule has 0 saturated heterocycles. The number of rotatable bonds is 5. The van der Waals surface area contributed by atoms with Crippen molar-refractivity contribution < 1.29 is 8.42 Å². The fraction of sp³-hybridized carbons (Fsp3) is 0.0588. The topological polar surface area (TPSA) is 63.2 Å². The highest BCUT2D eigenvalue weighted by molar-refractivity contribution is 7.92. The standard InChI is InChI=1S/C17H14ClN3O2S/c18-15-5-7-16(8-6-15)21(13-14-3-1-9-19-11-14)24(22,23)17-4-2-10-20-12-17/h1-12H,13H2. The summed E-state index contributed by atoms with van der Waals surface area (Å²) < 4.78 is 27.4. The molecular weight excluding hydrogens is 346 g/mol. The maximum Gasteiger partial charge on any atom is 0.266 e. The van der Waals surface area contributed by atoms with Gasteiger partial charge < -0.3 is 0 Å². The van der Waals surface area contributed by atoms with Crippen molar-refractivity contribution in [3.05, 3.63) is 83.9 Å². The van der Waals surface area contributed by atoms with Gasteiger partial charge in [0.15, 0.2) is 0 Å². The highest BCUT2D eigenvalue weighted by Crippen LogP contribution is 2.26. The van der Waals surface area contributed by atoms with Crippen molar-refractivity contribution in [2.75, 3.05) is 4.31 Å². The molecule has 24 heavy (non-hydrogen) atoms. The minimum Gasteiger partial charge on any atom is -0.264 e. The number of sulfonamides is 1. The maximum absolute atomic E-state index is 13.1. The van der Waals surface area contributed by atoms with Gasteiger partial charge in [0.1, 0.15) is 4.90 Å². The van der Waals surface area contributed by atoms with Crippen LogP contribution in [0.1, 0.15) is 5.56 Å². The second kappa shape index (κ2) is 6.98. The molecule has 0 spiro atoms. The lowest BCUT2D eigenvalue weighted by molar-refractivity contribution is 0.590. The number of anilines is 1. The molecule has 0 unspecified atom stereocenters. The summed E-state index contributed by atoms with van der Waals surface area (Å²) in [4.78, 5) is 8.08. The van der Waals surface area contributed by atoms with Gasteiger partial charge in [-0.3, -0.25) is 14.3 Å². The summed E-state index contributed by atoms with van der Waals surface area (Å²) in [5.41, 5.74) is 1.30. The molecule has 2 heterocycles. The molecule has 5 nitrogen and oxygen atoms in total. The summed E-state index contributed by atoms with van der Waals surface area (Å²) in [5, 5.41) is 0.541. The zero-order valence-corrected chi connectivity index (χ0v) is 14.2. The highest BCUT2D eigenvalue weighted by Gasteiger charge is 2.25. The molecular formula is C17H14ClN3O2S. The van der Waals surface area contributed by atoms with Gasteiger partial charge in [0, 0.05) is 29.8 Å². The molecule has 0 saturated carbocycles. The van der Waals surface area contributed by atoms with Crippen LogP contribution in [0, 0.1) is 0 Å². The van der Waals surface area contributed by atoms with Crippen LogP contribution in [0.5, 0.6) is 0 Å². The Morgan fingerprint density at radius 1 is 0.917 bits per heavy atom. The van der Waals surface area contributed by atoms with Crippen LogP contribution in [-0.2, 0) is 16.6 Å². The molecule has 122 valence electrons. The lowest BCUT2D eigenvalue weighted by Gasteiger charge is -2.24. The van der Waals surface area contributed by atoms with E-state index in [1.54, 1.807) is 48.8 Å². The van der Waals surface area contributed by atoms with Crippen LogP contribution in [0.25, 0.3) is 0 Å². The van der Waals surface area contributed by atoms with E-state index in [9.17, 15) is 8.42 Å². The van der Waals surface area contributed by atoms with Gasteiger partial charge in [0.05, 0.1) is 12.2 Å². The van der Waals surface area contributed by atoms with Crippen molar-refractivity contribution in [3.63, 3.8) is 0 Å². The number of benzene rings is 1. The molecule has 3 rings (SSSR count). The molecule has 0 fully saturated rings. The second-order valence-electron chi connectivity index (χ2n) is 5.04. The van der Waals surface area contributed by atoms with Crippen LogP contribution in [0.15, 0.2) is 78.2 Å². The third kappa shape index (κ3) is 3.55. The van der Waals surface area contributed by atoms with Gasteiger partial charge in [-0.2, -0.15) is 0 Å². The fourth-order valence-electron chi connectivity index (χ4n) is 2.21. The molecule has 0 N–H and O–H groups in total. The molecule has 2 aromatic heterocycles. The largest absolute Gasteiger partial charge is 0.266 e. The van der Waals surface area contributed by atoms with E-state index >= 15 is 0 Å². The van der Waals surface area contributed by atoms with E-state index in [1.165, 1.54) is 22.8 Å². The van der Waals surface area contributed by atoms with Gasteiger partial charge in [-0.05, 0) is 48.0 Å². The first-order chi connectivity index (χ1) is 11.6. The summed E-state index contributed by atoms with van der Waals surface area (Å²) in [6.45, 7) is 0.159. The molecule has 0 radical (unpaired) electrons. The predicted molar refractivity (Wildman–Crippen MR) is 93.3 cm³/mol. The van der Waals surface area contributed by atoms with E-state index in [1.807, 2.05) is 6.07 Å². The number of aromatic nitrogens is 2. The van der Waals surface area contributed by atoms with Crippen LogP contribution < -0.4 is 4.31 Å². The highest BCUT2D eigenvalue weighted by atomic mass is 35.5. The Morgan fingerprint density at radius 2 is 1.58 bits per heavy atom. The van der Waals surface area contributed by atoms with E-state index in [-0.39, 0.29) is 11.4 Å². The summed E-state index contributed by atoms with van der Waals surface area (Å²) in [7, 11) is -3.77. The molecule has 7 heteroatoms. The number of hydrogen-bond donors (Lipinski definition) is 0. The third-order valence-corrected chi connectivity index (χ3v) is 5.40. The quantitative estimate of drug-likeness (QED) is 0.699. The van der Waals surface area contributed by atoms with Gasteiger partial charge in [0.2, 0.25) is 0 Å².